The molecule has 0 aliphatic heterocycles. The maximum atomic E-state index is 11.1. The van der Waals surface area contributed by atoms with Gasteiger partial charge in [-0.1, -0.05) is 6.92 Å². The molecule has 1 aromatic rings. The molecule has 1 aromatic heterocycles. The molecule has 16 heavy (non-hydrogen) atoms. The van der Waals surface area contributed by atoms with Crippen LogP contribution in [0.4, 0.5) is 0 Å². The fraction of sp³-hybridized carbons (Fsp3) is 0.667. The highest BCUT2D eigenvalue weighted by Crippen LogP contribution is 2.21. The fourth-order valence-corrected chi connectivity index (χ4v) is 2.81. The van der Waals surface area contributed by atoms with Crippen LogP contribution in [0.3, 0.4) is 0 Å². The predicted molar refractivity (Wildman–Crippen MR) is 70.5 cm³/mol. The highest BCUT2D eigenvalue weighted by atomic mass is 79.9. The Morgan fingerprint density at radius 2 is 2.25 bits per heavy atom. The number of nitrogens with zero attached hydrogens (tertiary/aromatic N) is 2. The molecule has 7 heteroatoms. The molecule has 0 unspecified atom stereocenters. The smallest absolute Gasteiger partial charge is 0.148 e. The van der Waals surface area contributed by atoms with Crippen LogP contribution in [-0.4, -0.2) is 43.4 Å². The summed E-state index contributed by atoms with van der Waals surface area (Å²) in [6, 6.07) is 0. The number of thiazole rings is 1. The van der Waals surface area contributed by atoms with Crippen LogP contribution >= 0.6 is 27.3 Å². The zero-order chi connectivity index (χ0) is 12.2. The van der Waals surface area contributed by atoms with E-state index in [1.54, 1.807) is 16.8 Å². The zero-order valence-corrected chi connectivity index (χ0v) is 12.5. The summed E-state index contributed by atoms with van der Waals surface area (Å²) < 4.78 is 23.2. The molecule has 1 heterocycles. The van der Waals surface area contributed by atoms with E-state index in [2.05, 4.69) is 25.8 Å². The van der Waals surface area contributed by atoms with Gasteiger partial charge < -0.3 is 0 Å². The van der Waals surface area contributed by atoms with Crippen LogP contribution in [0, 0.1) is 0 Å². The third-order valence-electron chi connectivity index (χ3n) is 2.19. The quantitative estimate of drug-likeness (QED) is 0.799. The van der Waals surface area contributed by atoms with Crippen molar-refractivity contribution in [2.45, 2.75) is 13.5 Å². The second-order valence-electron chi connectivity index (χ2n) is 3.57. The largest absolute Gasteiger partial charge is 0.297 e. The van der Waals surface area contributed by atoms with E-state index >= 15 is 0 Å². The summed E-state index contributed by atoms with van der Waals surface area (Å²) in [5.41, 5.74) is 2.75. The fourth-order valence-electron chi connectivity index (χ4n) is 1.21. The summed E-state index contributed by atoms with van der Waals surface area (Å²) in [4.78, 5) is 6.30. The van der Waals surface area contributed by atoms with E-state index in [-0.39, 0.29) is 5.75 Å². The molecule has 92 valence electrons. The lowest BCUT2D eigenvalue weighted by Crippen LogP contribution is -2.28. The van der Waals surface area contributed by atoms with Gasteiger partial charge in [-0.2, -0.15) is 0 Å². The van der Waals surface area contributed by atoms with Gasteiger partial charge >= 0.3 is 0 Å². The number of aromatic nitrogens is 1. The van der Waals surface area contributed by atoms with E-state index < -0.39 is 9.84 Å². The average Bonchev–Trinajstić information content (AvgIpc) is 2.57. The van der Waals surface area contributed by atoms with Crippen molar-refractivity contribution >= 4 is 37.1 Å². The predicted octanol–water partition coefficient (Wildman–Crippen LogP) is 1.77. The standard InChI is InChI=1S/C9H15BrN2O2S2/c1-3-12(4-5-16(2,13)14)6-8-9(10)15-7-11-8/h7H,3-6H2,1-2H3. The van der Waals surface area contributed by atoms with Gasteiger partial charge in [-0.15, -0.1) is 11.3 Å². The second-order valence-corrected chi connectivity index (χ2v) is 8.00. The van der Waals surface area contributed by atoms with Crippen molar-refractivity contribution in [1.29, 1.82) is 0 Å². The van der Waals surface area contributed by atoms with E-state index in [1.165, 1.54) is 6.26 Å². The van der Waals surface area contributed by atoms with Gasteiger partial charge in [-0.3, -0.25) is 4.90 Å². The Kier molecular flexibility index (Phi) is 5.36. The van der Waals surface area contributed by atoms with E-state index in [0.717, 1.165) is 16.0 Å². The third kappa shape index (κ3) is 4.90. The van der Waals surface area contributed by atoms with Gasteiger partial charge in [0.15, 0.2) is 0 Å². The van der Waals surface area contributed by atoms with Crippen LogP contribution in [0.15, 0.2) is 9.30 Å². The molecular formula is C9H15BrN2O2S2. The zero-order valence-electron chi connectivity index (χ0n) is 9.31. The topological polar surface area (TPSA) is 50.3 Å². The summed E-state index contributed by atoms with van der Waals surface area (Å²) in [6.07, 6.45) is 1.26. The third-order valence-corrected chi connectivity index (χ3v) is 4.79. The number of sulfone groups is 1. The van der Waals surface area contributed by atoms with Crippen molar-refractivity contribution in [2.24, 2.45) is 0 Å². The summed E-state index contributed by atoms with van der Waals surface area (Å²) in [7, 11) is -2.89. The van der Waals surface area contributed by atoms with Crippen molar-refractivity contribution in [3.8, 4) is 0 Å². The molecule has 0 fully saturated rings. The second kappa shape index (κ2) is 6.09. The van der Waals surface area contributed by atoms with Gasteiger partial charge in [-0.05, 0) is 22.5 Å². The number of halogens is 1. The Morgan fingerprint density at radius 3 is 2.69 bits per heavy atom. The van der Waals surface area contributed by atoms with Gasteiger partial charge in [0.1, 0.15) is 9.84 Å². The van der Waals surface area contributed by atoms with E-state index in [9.17, 15) is 8.42 Å². The lowest BCUT2D eigenvalue weighted by Gasteiger charge is -2.18. The maximum Gasteiger partial charge on any atom is 0.148 e. The first kappa shape index (κ1) is 14.1. The SMILES string of the molecule is CCN(CCS(C)(=O)=O)Cc1ncsc1Br. The Labute approximate surface area is 109 Å². The van der Waals surface area contributed by atoms with Crippen LogP contribution in [0.25, 0.3) is 0 Å². The van der Waals surface area contributed by atoms with Crippen molar-refractivity contribution in [2.75, 3.05) is 25.1 Å². The number of hydrogen-bond donors (Lipinski definition) is 0. The number of hydrogen-bond acceptors (Lipinski definition) is 5. The van der Waals surface area contributed by atoms with Crippen molar-refractivity contribution in [3.63, 3.8) is 0 Å². The summed E-state index contributed by atoms with van der Waals surface area (Å²) in [6.45, 7) is 4.08. The number of rotatable bonds is 6. The molecule has 0 N–H and O–H groups in total. The Hall–Kier alpha value is 0.0200. The first-order chi connectivity index (χ1) is 7.42. The molecule has 0 saturated carbocycles. The van der Waals surface area contributed by atoms with Crippen molar-refractivity contribution in [3.05, 3.63) is 15.0 Å². The molecule has 0 spiro atoms. The lowest BCUT2D eigenvalue weighted by atomic mass is 10.4. The van der Waals surface area contributed by atoms with Crippen LogP contribution in [0.2, 0.25) is 0 Å². The minimum atomic E-state index is -2.89. The molecule has 0 aliphatic carbocycles. The highest BCUT2D eigenvalue weighted by molar-refractivity contribution is 9.11. The van der Waals surface area contributed by atoms with Gasteiger partial charge in [0, 0.05) is 19.3 Å². The average molecular weight is 327 g/mol. The minimum Gasteiger partial charge on any atom is -0.297 e. The van der Waals surface area contributed by atoms with Crippen LogP contribution < -0.4 is 0 Å². The van der Waals surface area contributed by atoms with Crippen molar-refractivity contribution < 1.29 is 8.42 Å². The van der Waals surface area contributed by atoms with Gasteiger partial charge in [0.05, 0.1) is 20.7 Å². The van der Waals surface area contributed by atoms with E-state index in [1.807, 2.05) is 6.92 Å². The molecule has 4 nitrogen and oxygen atoms in total. The van der Waals surface area contributed by atoms with E-state index in [0.29, 0.717) is 13.1 Å². The maximum absolute atomic E-state index is 11.1. The summed E-state index contributed by atoms with van der Waals surface area (Å²) in [5, 5.41) is 0. The summed E-state index contributed by atoms with van der Waals surface area (Å²) >= 11 is 4.97. The highest BCUT2D eigenvalue weighted by Gasteiger charge is 2.11. The lowest BCUT2D eigenvalue weighted by molar-refractivity contribution is 0.293. The first-order valence-electron chi connectivity index (χ1n) is 4.90. The van der Waals surface area contributed by atoms with E-state index in [4.69, 9.17) is 0 Å². The summed E-state index contributed by atoms with van der Waals surface area (Å²) in [5.74, 6) is 0.197. The monoisotopic (exact) mass is 326 g/mol. The molecule has 0 aromatic carbocycles. The van der Waals surface area contributed by atoms with Crippen LogP contribution in [-0.2, 0) is 16.4 Å². The molecule has 0 aliphatic rings. The van der Waals surface area contributed by atoms with Crippen molar-refractivity contribution in [1.82, 2.24) is 9.88 Å². The normalized spacial score (nSPS) is 12.2. The molecule has 0 bridgehead atoms. The van der Waals surface area contributed by atoms with Gasteiger partial charge in [-0.25, -0.2) is 13.4 Å². The van der Waals surface area contributed by atoms with Gasteiger partial charge in [0.2, 0.25) is 0 Å². The van der Waals surface area contributed by atoms with Crippen LogP contribution in [0.5, 0.6) is 0 Å². The molecular weight excluding hydrogens is 312 g/mol. The minimum absolute atomic E-state index is 0.197. The molecule has 1 rings (SSSR count). The molecule has 0 atom stereocenters. The molecule has 0 radical (unpaired) electrons. The Bertz CT molecular complexity index is 430. The Morgan fingerprint density at radius 1 is 1.56 bits per heavy atom. The molecule has 0 amide bonds. The Balaban J connectivity index is 2.53. The van der Waals surface area contributed by atoms with Gasteiger partial charge in [0.25, 0.3) is 0 Å². The van der Waals surface area contributed by atoms with Crippen LogP contribution in [0.1, 0.15) is 12.6 Å². The first-order valence-corrected chi connectivity index (χ1v) is 8.63. The molecule has 0 saturated heterocycles.